The van der Waals surface area contributed by atoms with Gasteiger partial charge in [0.05, 0.1) is 0 Å². The quantitative estimate of drug-likeness (QED) is 0.328. The van der Waals surface area contributed by atoms with Crippen molar-refractivity contribution in [3.05, 3.63) is 120 Å². The van der Waals surface area contributed by atoms with Gasteiger partial charge in [0, 0.05) is 0 Å². The SMILES string of the molecule is Cc1ccc([O][Sn]([c]2ccccc2)([c]2ccccc2)[c]2ccccc2)c(C(C)(C)C)c1. The van der Waals surface area contributed by atoms with E-state index in [9.17, 15) is 0 Å². The van der Waals surface area contributed by atoms with Crippen LogP contribution < -0.4 is 13.8 Å². The van der Waals surface area contributed by atoms with Crippen molar-refractivity contribution in [1.29, 1.82) is 0 Å². The molecule has 0 saturated carbocycles. The Morgan fingerprint density at radius 1 is 0.581 bits per heavy atom. The van der Waals surface area contributed by atoms with Crippen LogP contribution in [0.4, 0.5) is 0 Å². The van der Waals surface area contributed by atoms with Crippen LogP contribution >= 0.6 is 0 Å². The molecular weight excluding hydrogens is 483 g/mol. The number of benzene rings is 4. The molecule has 0 bridgehead atoms. The predicted octanol–water partition coefficient (Wildman–Crippen LogP) is 5.34. The number of rotatable bonds is 5. The van der Waals surface area contributed by atoms with Gasteiger partial charge < -0.3 is 0 Å². The second-order valence-electron chi connectivity index (χ2n) is 9.13. The minimum absolute atomic E-state index is 0.0109. The van der Waals surface area contributed by atoms with Crippen LogP contribution in [0.1, 0.15) is 31.9 Å². The molecule has 0 aromatic heterocycles. The van der Waals surface area contributed by atoms with E-state index in [-0.39, 0.29) is 5.41 Å². The van der Waals surface area contributed by atoms with E-state index in [0.29, 0.717) is 0 Å². The molecule has 0 unspecified atom stereocenters. The zero-order chi connectivity index (χ0) is 21.9. The van der Waals surface area contributed by atoms with E-state index < -0.39 is 18.8 Å². The first-order valence-corrected chi connectivity index (χ1v) is 16.3. The van der Waals surface area contributed by atoms with Crippen LogP contribution in [-0.4, -0.2) is 18.8 Å². The van der Waals surface area contributed by atoms with Crippen LogP contribution in [0.5, 0.6) is 5.75 Å². The van der Waals surface area contributed by atoms with Crippen molar-refractivity contribution in [2.45, 2.75) is 33.1 Å². The average molecular weight is 513 g/mol. The molecule has 0 aliphatic carbocycles. The van der Waals surface area contributed by atoms with Crippen molar-refractivity contribution >= 4 is 29.5 Å². The van der Waals surface area contributed by atoms with Gasteiger partial charge in [-0.15, -0.1) is 0 Å². The first kappa shape index (κ1) is 21.7. The number of hydrogen-bond donors (Lipinski definition) is 0. The molecule has 0 fully saturated rings. The van der Waals surface area contributed by atoms with Crippen LogP contribution in [0.25, 0.3) is 0 Å². The summed E-state index contributed by atoms with van der Waals surface area (Å²) in [5.41, 5.74) is 2.51. The zero-order valence-corrected chi connectivity index (χ0v) is 21.7. The zero-order valence-electron chi connectivity index (χ0n) is 18.8. The first-order chi connectivity index (χ1) is 14.9. The van der Waals surface area contributed by atoms with Gasteiger partial charge in [-0.2, -0.15) is 0 Å². The van der Waals surface area contributed by atoms with Crippen LogP contribution in [0.15, 0.2) is 109 Å². The standard InChI is InChI=1S/C11H16O.3C6H5.Sn/c1-8-5-6-10(12)9(7-8)11(2,3)4;3*1-2-4-6-5-3-1;/h5-7,12H,1-4H3;3*1-5H;/q;;;;+1/p-1. The molecule has 0 radical (unpaired) electrons. The Balaban J connectivity index is 2.03. The summed E-state index contributed by atoms with van der Waals surface area (Å²) in [6.45, 7) is 8.94. The molecular formula is C29H30OSn. The number of hydrogen-bond acceptors (Lipinski definition) is 1. The van der Waals surface area contributed by atoms with Crippen molar-refractivity contribution in [1.82, 2.24) is 0 Å². The third-order valence-corrected chi connectivity index (χ3v) is 17.1. The fraction of sp³-hybridized carbons (Fsp3) is 0.172. The van der Waals surface area contributed by atoms with Crippen LogP contribution in [0.2, 0.25) is 0 Å². The Morgan fingerprint density at radius 2 is 1.00 bits per heavy atom. The second-order valence-corrected chi connectivity index (χ2v) is 18.5. The Morgan fingerprint density at radius 3 is 1.39 bits per heavy atom. The Labute approximate surface area is 191 Å². The van der Waals surface area contributed by atoms with E-state index in [1.54, 1.807) is 0 Å². The summed E-state index contributed by atoms with van der Waals surface area (Å²) in [5, 5.41) is 0. The molecule has 0 atom stereocenters. The molecule has 156 valence electrons. The average Bonchev–Trinajstić information content (AvgIpc) is 2.79. The van der Waals surface area contributed by atoms with Gasteiger partial charge in [-0.05, 0) is 0 Å². The van der Waals surface area contributed by atoms with E-state index in [1.807, 2.05) is 0 Å². The molecule has 0 saturated heterocycles. The van der Waals surface area contributed by atoms with Crippen molar-refractivity contribution in [3.63, 3.8) is 0 Å². The van der Waals surface area contributed by atoms with Gasteiger partial charge in [-0.1, -0.05) is 0 Å². The molecule has 4 aromatic carbocycles. The normalized spacial score (nSPS) is 11.9. The molecule has 0 amide bonds. The first-order valence-electron chi connectivity index (χ1n) is 10.9. The fourth-order valence-corrected chi connectivity index (χ4v) is 15.2. The van der Waals surface area contributed by atoms with E-state index in [1.165, 1.54) is 21.9 Å². The summed E-state index contributed by atoms with van der Waals surface area (Å²) >= 11 is -3.83. The van der Waals surface area contributed by atoms with Gasteiger partial charge in [0.25, 0.3) is 0 Å². The van der Waals surface area contributed by atoms with Gasteiger partial charge in [-0.3, -0.25) is 0 Å². The van der Waals surface area contributed by atoms with Crippen LogP contribution in [0, 0.1) is 6.92 Å². The summed E-state index contributed by atoms with van der Waals surface area (Å²) in [6.07, 6.45) is 0. The molecule has 0 aliphatic heterocycles. The molecule has 0 aliphatic rings. The van der Waals surface area contributed by atoms with E-state index in [2.05, 4.69) is 137 Å². The third-order valence-electron chi connectivity index (χ3n) is 5.75. The van der Waals surface area contributed by atoms with Crippen LogP contribution in [-0.2, 0) is 5.41 Å². The van der Waals surface area contributed by atoms with Crippen molar-refractivity contribution in [2.24, 2.45) is 0 Å². The van der Waals surface area contributed by atoms with Crippen molar-refractivity contribution < 1.29 is 3.07 Å². The van der Waals surface area contributed by atoms with Gasteiger partial charge >= 0.3 is 192 Å². The minimum atomic E-state index is -3.83. The maximum atomic E-state index is 7.38. The third kappa shape index (κ3) is 4.43. The molecule has 0 spiro atoms. The van der Waals surface area contributed by atoms with Crippen molar-refractivity contribution in [3.8, 4) is 5.75 Å². The predicted molar refractivity (Wildman–Crippen MR) is 134 cm³/mol. The molecule has 1 nitrogen and oxygen atoms in total. The molecule has 0 N–H and O–H groups in total. The Kier molecular flexibility index (Phi) is 6.24. The van der Waals surface area contributed by atoms with E-state index in [4.69, 9.17) is 3.07 Å². The summed E-state index contributed by atoms with van der Waals surface area (Å²) in [7, 11) is 0. The fourth-order valence-electron chi connectivity index (χ4n) is 4.18. The molecule has 4 aromatic rings. The monoisotopic (exact) mass is 514 g/mol. The van der Waals surface area contributed by atoms with Gasteiger partial charge in [0.15, 0.2) is 0 Å². The maximum absolute atomic E-state index is 7.38. The molecule has 31 heavy (non-hydrogen) atoms. The summed E-state index contributed by atoms with van der Waals surface area (Å²) < 4.78 is 11.3. The van der Waals surface area contributed by atoms with Gasteiger partial charge in [0.1, 0.15) is 0 Å². The second kappa shape index (κ2) is 8.92. The summed E-state index contributed by atoms with van der Waals surface area (Å²) in [4.78, 5) is 0. The molecule has 0 heterocycles. The molecule has 2 heteroatoms. The van der Waals surface area contributed by atoms with E-state index in [0.717, 1.165) is 5.75 Å². The van der Waals surface area contributed by atoms with Gasteiger partial charge in [0.2, 0.25) is 0 Å². The van der Waals surface area contributed by atoms with Gasteiger partial charge in [-0.25, -0.2) is 0 Å². The molecule has 4 rings (SSSR count). The Bertz CT molecular complexity index is 1030. The Hall–Kier alpha value is -2.52. The van der Waals surface area contributed by atoms with E-state index >= 15 is 0 Å². The number of aryl methyl sites for hydroxylation is 1. The van der Waals surface area contributed by atoms with Crippen molar-refractivity contribution in [2.75, 3.05) is 0 Å². The van der Waals surface area contributed by atoms with Crippen LogP contribution in [0.3, 0.4) is 0 Å². The topological polar surface area (TPSA) is 9.23 Å². The summed E-state index contributed by atoms with van der Waals surface area (Å²) in [5.74, 6) is 1.01. The summed E-state index contributed by atoms with van der Waals surface area (Å²) in [6, 6.07) is 39.2.